The van der Waals surface area contributed by atoms with E-state index < -0.39 is 0 Å². The highest BCUT2D eigenvalue weighted by molar-refractivity contribution is 5.38. The summed E-state index contributed by atoms with van der Waals surface area (Å²) in [6.45, 7) is 9.62. The number of rotatable bonds is 5. The molecular formula is C12H23N3. The number of nitrogens with two attached hydrogens (primary N) is 1. The fraction of sp³-hybridized carbons (Fsp3) is 0.750. The van der Waals surface area contributed by atoms with Crippen molar-refractivity contribution in [1.82, 2.24) is 9.55 Å². The monoisotopic (exact) mass is 209 g/mol. The lowest BCUT2D eigenvalue weighted by molar-refractivity contribution is 0.621. The molecule has 3 heteroatoms. The van der Waals surface area contributed by atoms with Gasteiger partial charge in [0, 0.05) is 6.54 Å². The summed E-state index contributed by atoms with van der Waals surface area (Å²) in [7, 11) is 0. The molecule has 0 spiro atoms. The summed E-state index contributed by atoms with van der Waals surface area (Å²) in [5, 5.41) is 0. The number of unbranched alkanes of at least 4 members (excludes halogenated alkanes) is 1. The van der Waals surface area contributed by atoms with Gasteiger partial charge >= 0.3 is 0 Å². The zero-order valence-electron chi connectivity index (χ0n) is 10.4. The van der Waals surface area contributed by atoms with E-state index in [4.69, 9.17) is 5.73 Å². The Kier molecular flexibility index (Phi) is 4.18. The minimum atomic E-state index is 0.612. The number of hydrogen-bond acceptors (Lipinski definition) is 2. The molecule has 0 radical (unpaired) electrons. The zero-order valence-corrected chi connectivity index (χ0v) is 10.4. The largest absolute Gasteiger partial charge is 0.384 e. The van der Waals surface area contributed by atoms with Crippen molar-refractivity contribution in [2.45, 2.75) is 53.5 Å². The van der Waals surface area contributed by atoms with Crippen LogP contribution in [0.15, 0.2) is 0 Å². The fourth-order valence-electron chi connectivity index (χ4n) is 1.78. The normalized spacial score (nSPS) is 11.3. The standard InChI is InChI=1S/C12H23N3/c1-5-6-7-15-10(4)14-11(12(15)13)8-9(2)3/h9H,5-8,13H2,1-4H3. The van der Waals surface area contributed by atoms with Gasteiger partial charge in [-0.1, -0.05) is 27.2 Å². The van der Waals surface area contributed by atoms with Crippen molar-refractivity contribution in [2.24, 2.45) is 5.92 Å². The Hall–Kier alpha value is -0.990. The van der Waals surface area contributed by atoms with Crippen LogP contribution in [0.2, 0.25) is 0 Å². The Bertz CT molecular complexity index is 313. The lowest BCUT2D eigenvalue weighted by atomic mass is 10.1. The number of nitrogen functional groups attached to an aromatic ring is 1. The summed E-state index contributed by atoms with van der Waals surface area (Å²) in [6.07, 6.45) is 3.34. The first kappa shape index (κ1) is 12.1. The smallest absolute Gasteiger partial charge is 0.126 e. The molecule has 0 saturated heterocycles. The molecule has 0 atom stereocenters. The van der Waals surface area contributed by atoms with E-state index in [0.717, 1.165) is 30.3 Å². The van der Waals surface area contributed by atoms with Crippen molar-refractivity contribution < 1.29 is 0 Å². The number of hydrogen-bond donors (Lipinski definition) is 1. The number of aryl methyl sites for hydroxylation is 1. The summed E-state index contributed by atoms with van der Waals surface area (Å²) < 4.78 is 2.14. The second kappa shape index (κ2) is 5.19. The van der Waals surface area contributed by atoms with Gasteiger partial charge in [-0.2, -0.15) is 0 Å². The van der Waals surface area contributed by atoms with E-state index >= 15 is 0 Å². The molecule has 0 amide bonds. The van der Waals surface area contributed by atoms with E-state index in [9.17, 15) is 0 Å². The van der Waals surface area contributed by atoms with E-state index in [1.165, 1.54) is 12.8 Å². The first-order valence-corrected chi connectivity index (χ1v) is 5.87. The summed E-state index contributed by atoms with van der Waals surface area (Å²) in [6, 6.07) is 0. The van der Waals surface area contributed by atoms with Gasteiger partial charge < -0.3 is 10.3 Å². The van der Waals surface area contributed by atoms with Crippen LogP contribution >= 0.6 is 0 Å². The van der Waals surface area contributed by atoms with Gasteiger partial charge in [0.25, 0.3) is 0 Å². The summed E-state index contributed by atoms with van der Waals surface area (Å²) in [5.74, 6) is 2.53. The third-order valence-electron chi connectivity index (χ3n) is 2.61. The Morgan fingerprint density at radius 2 is 2.07 bits per heavy atom. The fourth-order valence-corrected chi connectivity index (χ4v) is 1.78. The Morgan fingerprint density at radius 1 is 1.40 bits per heavy atom. The molecular weight excluding hydrogens is 186 g/mol. The predicted octanol–water partition coefficient (Wildman–Crippen LogP) is 2.77. The molecule has 86 valence electrons. The zero-order chi connectivity index (χ0) is 11.4. The number of nitrogens with zero attached hydrogens (tertiary/aromatic N) is 2. The van der Waals surface area contributed by atoms with Gasteiger partial charge in [0.15, 0.2) is 0 Å². The van der Waals surface area contributed by atoms with Gasteiger partial charge in [-0.05, 0) is 25.7 Å². The lowest BCUT2D eigenvalue weighted by Crippen LogP contribution is -2.06. The average molecular weight is 209 g/mol. The first-order valence-electron chi connectivity index (χ1n) is 5.87. The second-order valence-electron chi connectivity index (χ2n) is 4.59. The molecule has 0 fully saturated rings. The third kappa shape index (κ3) is 2.98. The highest BCUT2D eigenvalue weighted by Crippen LogP contribution is 2.18. The second-order valence-corrected chi connectivity index (χ2v) is 4.59. The molecule has 0 bridgehead atoms. The molecule has 1 heterocycles. The van der Waals surface area contributed by atoms with Crippen molar-refractivity contribution in [1.29, 1.82) is 0 Å². The highest BCUT2D eigenvalue weighted by Gasteiger charge is 2.12. The van der Waals surface area contributed by atoms with Crippen LogP contribution in [0.5, 0.6) is 0 Å². The molecule has 0 aliphatic carbocycles. The molecule has 0 unspecified atom stereocenters. The molecule has 3 nitrogen and oxygen atoms in total. The minimum absolute atomic E-state index is 0.612. The van der Waals surface area contributed by atoms with Gasteiger partial charge in [0.1, 0.15) is 11.6 Å². The maximum atomic E-state index is 6.09. The molecule has 1 aromatic heterocycles. The molecule has 0 aliphatic rings. The van der Waals surface area contributed by atoms with Crippen molar-refractivity contribution >= 4 is 5.82 Å². The highest BCUT2D eigenvalue weighted by atomic mass is 15.1. The van der Waals surface area contributed by atoms with Crippen LogP contribution in [-0.2, 0) is 13.0 Å². The summed E-state index contributed by atoms with van der Waals surface area (Å²) in [4.78, 5) is 4.54. The van der Waals surface area contributed by atoms with E-state index in [-0.39, 0.29) is 0 Å². The van der Waals surface area contributed by atoms with Crippen LogP contribution in [-0.4, -0.2) is 9.55 Å². The molecule has 1 aromatic rings. The Morgan fingerprint density at radius 3 is 2.60 bits per heavy atom. The number of anilines is 1. The Balaban J connectivity index is 2.83. The molecule has 0 saturated carbocycles. The maximum Gasteiger partial charge on any atom is 0.126 e. The molecule has 0 aromatic carbocycles. The van der Waals surface area contributed by atoms with E-state index in [1.54, 1.807) is 0 Å². The van der Waals surface area contributed by atoms with Crippen molar-refractivity contribution in [3.63, 3.8) is 0 Å². The van der Waals surface area contributed by atoms with Gasteiger partial charge in [-0.3, -0.25) is 0 Å². The van der Waals surface area contributed by atoms with Crippen molar-refractivity contribution in [2.75, 3.05) is 5.73 Å². The van der Waals surface area contributed by atoms with Crippen LogP contribution in [0.3, 0.4) is 0 Å². The summed E-state index contributed by atoms with van der Waals surface area (Å²) >= 11 is 0. The first-order chi connectivity index (χ1) is 7.06. The summed E-state index contributed by atoms with van der Waals surface area (Å²) in [5.41, 5.74) is 7.16. The minimum Gasteiger partial charge on any atom is -0.384 e. The number of aromatic nitrogens is 2. The van der Waals surface area contributed by atoms with Crippen molar-refractivity contribution in [3.05, 3.63) is 11.5 Å². The van der Waals surface area contributed by atoms with Gasteiger partial charge in [0.2, 0.25) is 0 Å². The van der Waals surface area contributed by atoms with E-state index in [1.807, 2.05) is 6.92 Å². The van der Waals surface area contributed by atoms with Gasteiger partial charge in [0.05, 0.1) is 5.69 Å². The SMILES string of the molecule is CCCCn1c(C)nc(CC(C)C)c1N. The van der Waals surface area contributed by atoms with Crippen LogP contribution in [0, 0.1) is 12.8 Å². The molecule has 2 N–H and O–H groups in total. The average Bonchev–Trinajstić information content (AvgIpc) is 2.39. The van der Waals surface area contributed by atoms with E-state index in [2.05, 4.69) is 30.3 Å². The molecule has 1 rings (SSSR count). The topological polar surface area (TPSA) is 43.8 Å². The number of imidazole rings is 1. The van der Waals surface area contributed by atoms with Crippen LogP contribution < -0.4 is 5.73 Å². The molecule has 15 heavy (non-hydrogen) atoms. The third-order valence-corrected chi connectivity index (χ3v) is 2.61. The van der Waals surface area contributed by atoms with Crippen LogP contribution in [0.1, 0.15) is 45.1 Å². The van der Waals surface area contributed by atoms with E-state index in [0.29, 0.717) is 5.92 Å². The maximum absolute atomic E-state index is 6.09. The lowest BCUT2D eigenvalue weighted by Gasteiger charge is -2.07. The Labute approximate surface area is 92.7 Å². The van der Waals surface area contributed by atoms with Crippen molar-refractivity contribution in [3.8, 4) is 0 Å². The van der Waals surface area contributed by atoms with Gasteiger partial charge in [-0.15, -0.1) is 0 Å². The van der Waals surface area contributed by atoms with Crippen LogP contribution in [0.25, 0.3) is 0 Å². The van der Waals surface area contributed by atoms with Gasteiger partial charge in [-0.25, -0.2) is 4.98 Å². The van der Waals surface area contributed by atoms with Crippen LogP contribution in [0.4, 0.5) is 5.82 Å². The predicted molar refractivity (Wildman–Crippen MR) is 64.8 cm³/mol. The molecule has 0 aliphatic heterocycles. The quantitative estimate of drug-likeness (QED) is 0.810.